The normalized spacial score (nSPS) is 14.1. The van der Waals surface area contributed by atoms with E-state index >= 15 is 0 Å². The minimum Gasteiger partial charge on any atom is -0.325 e. The zero-order valence-electron chi connectivity index (χ0n) is 15.0. The largest absolute Gasteiger partial charge is 0.363 e. The maximum atomic E-state index is 12.1. The van der Waals surface area contributed by atoms with Crippen LogP contribution in [-0.4, -0.2) is 43.3 Å². The third-order valence-electron chi connectivity index (χ3n) is 3.70. The zero-order chi connectivity index (χ0) is 20.1. The first-order chi connectivity index (χ1) is 13.5. The van der Waals surface area contributed by atoms with Gasteiger partial charge in [-0.15, -0.1) is 10.2 Å². The van der Waals surface area contributed by atoms with E-state index in [1.165, 1.54) is 36.0 Å². The molecule has 0 radical (unpaired) electrons. The molecule has 1 saturated heterocycles. The van der Waals surface area contributed by atoms with E-state index in [1.54, 1.807) is 12.1 Å². The summed E-state index contributed by atoms with van der Waals surface area (Å²) in [5.41, 5.74) is 1.27. The lowest BCUT2D eigenvalue weighted by Gasteiger charge is -2.12. The first kappa shape index (κ1) is 19.9. The molecule has 0 N–H and O–H groups in total. The lowest BCUT2D eigenvalue weighted by molar-refractivity contribution is -0.172. The van der Waals surface area contributed by atoms with Gasteiger partial charge in [-0.25, -0.2) is 4.79 Å². The Labute approximate surface area is 168 Å². The lowest BCUT2D eigenvalue weighted by atomic mass is 10.2. The Morgan fingerprint density at radius 2 is 1.57 bits per heavy atom. The number of aromatic nitrogens is 2. The summed E-state index contributed by atoms with van der Waals surface area (Å²) in [6.45, 7) is 0. The van der Waals surface area contributed by atoms with Gasteiger partial charge in [-0.3, -0.25) is 17.5 Å². The van der Waals surface area contributed by atoms with Gasteiger partial charge < -0.3 is 4.84 Å². The lowest BCUT2D eigenvalue weighted by Crippen LogP contribution is -2.32. The second-order valence-electron chi connectivity index (χ2n) is 5.41. The molecule has 10 nitrogen and oxygen atoms in total. The molecule has 12 heteroatoms. The van der Waals surface area contributed by atoms with Gasteiger partial charge >= 0.3 is 5.97 Å². The van der Waals surface area contributed by atoms with Crippen LogP contribution in [0.3, 0.4) is 0 Å². The number of carbonyl (C=O) groups is 3. The fraction of sp³-hybridized carbons (Fsp3) is 0.250. The van der Waals surface area contributed by atoms with E-state index in [0.717, 1.165) is 0 Å². The highest BCUT2D eigenvalue weighted by molar-refractivity contribution is 7.97. The number of hydroxylamine groups is 2. The summed E-state index contributed by atoms with van der Waals surface area (Å²) in [5, 5.41) is 12.5. The van der Waals surface area contributed by atoms with Crippen molar-refractivity contribution in [2.24, 2.45) is 15.4 Å². The summed E-state index contributed by atoms with van der Waals surface area (Å²) in [7, 11) is 0. The zero-order valence-corrected chi connectivity index (χ0v) is 16.6. The van der Waals surface area contributed by atoms with Gasteiger partial charge in [0.15, 0.2) is 0 Å². The summed E-state index contributed by atoms with van der Waals surface area (Å²) < 4.78 is 3.69. The molecule has 0 bridgehead atoms. The molecule has 1 aliphatic rings. The molecule has 0 spiro atoms. The second kappa shape index (κ2) is 8.89. The molecular weight excluding hydrogens is 404 g/mol. The van der Waals surface area contributed by atoms with Crippen LogP contribution in [0.5, 0.6) is 0 Å². The monoisotopic (exact) mass is 420 g/mol. The number of imidazole rings is 1. The fourth-order valence-electron chi connectivity index (χ4n) is 2.30. The smallest absolute Gasteiger partial charge is 0.325 e. The van der Waals surface area contributed by atoms with E-state index in [0.29, 0.717) is 16.4 Å². The summed E-state index contributed by atoms with van der Waals surface area (Å²) >= 11 is 2.96. The number of imide groups is 1. The molecule has 28 heavy (non-hydrogen) atoms. The van der Waals surface area contributed by atoms with Crippen LogP contribution in [0.4, 0.5) is 5.69 Å². The van der Waals surface area contributed by atoms with Gasteiger partial charge in [0.2, 0.25) is 0 Å². The Morgan fingerprint density at radius 3 is 2.11 bits per heavy atom. The van der Waals surface area contributed by atoms with Crippen LogP contribution >= 0.6 is 23.9 Å². The van der Waals surface area contributed by atoms with Gasteiger partial charge in [-0.1, -0.05) is 5.10 Å². The first-order valence-electron chi connectivity index (χ1n) is 8.05. The molecule has 0 atom stereocenters. The molecule has 146 valence electrons. The molecule has 0 aliphatic carbocycles. The van der Waals surface area contributed by atoms with Gasteiger partial charge in [0.25, 0.3) is 17.4 Å². The summed E-state index contributed by atoms with van der Waals surface area (Å²) in [6.07, 6.45) is 7.66. The summed E-state index contributed by atoms with van der Waals surface area (Å²) in [4.78, 5) is 39.9. The number of amides is 2. The van der Waals surface area contributed by atoms with Gasteiger partial charge in [-0.2, -0.15) is 0 Å². The van der Waals surface area contributed by atoms with Crippen LogP contribution < -0.4 is 5.62 Å². The van der Waals surface area contributed by atoms with Crippen molar-refractivity contribution in [3.63, 3.8) is 0 Å². The third kappa shape index (κ3) is 4.34. The number of nitrogens with zero attached hydrogens (tertiary/aromatic N) is 6. The fourth-order valence-corrected chi connectivity index (χ4v) is 3.28. The van der Waals surface area contributed by atoms with Crippen LogP contribution in [0.15, 0.2) is 52.1 Å². The number of hydrogen-bond donors (Lipinski definition) is 0. The topological polar surface area (TPSA) is 111 Å². The van der Waals surface area contributed by atoms with Crippen LogP contribution in [0.2, 0.25) is 0 Å². The molecule has 1 fully saturated rings. The van der Waals surface area contributed by atoms with Crippen LogP contribution in [0, 0.1) is 0 Å². The average Bonchev–Trinajstić information content (AvgIpc) is 3.25. The van der Waals surface area contributed by atoms with Crippen molar-refractivity contribution < 1.29 is 19.2 Å². The molecule has 2 amide bonds. The van der Waals surface area contributed by atoms with E-state index in [4.69, 9.17) is 4.84 Å². The summed E-state index contributed by atoms with van der Waals surface area (Å²) in [5.74, 6) is -1.85. The molecule has 3 rings (SSSR count). The quantitative estimate of drug-likeness (QED) is 0.403. The predicted molar refractivity (Wildman–Crippen MR) is 103 cm³/mol. The Morgan fingerprint density at radius 1 is 1.00 bits per heavy atom. The maximum absolute atomic E-state index is 12.1. The molecule has 2 heterocycles. The van der Waals surface area contributed by atoms with E-state index in [9.17, 15) is 14.4 Å². The van der Waals surface area contributed by atoms with Gasteiger partial charge in [-0.05, 0) is 53.4 Å². The standard InChI is InChI=1S/C16H16N6O4S2/c1-27-20-9-10-21(28-2)16(20)18-19-17-12-5-3-11(4-6-12)15(25)26-22-13(23)7-8-14(22)24/h3-6,9-10H,7-8H2,1-2H3. The van der Waals surface area contributed by atoms with Gasteiger partial charge in [0.05, 0.1) is 11.3 Å². The highest BCUT2D eigenvalue weighted by Gasteiger charge is 2.33. The minimum atomic E-state index is -0.796. The van der Waals surface area contributed by atoms with Crippen LogP contribution in [0.1, 0.15) is 23.2 Å². The minimum absolute atomic E-state index is 0.0470. The summed E-state index contributed by atoms with van der Waals surface area (Å²) in [6, 6.07) is 6.04. The van der Waals surface area contributed by atoms with Crippen molar-refractivity contribution in [1.29, 1.82) is 0 Å². The van der Waals surface area contributed by atoms with Gasteiger partial charge in [0, 0.05) is 37.7 Å². The van der Waals surface area contributed by atoms with Crippen LogP contribution in [-0.2, 0) is 14.4 Å². The van der Waals surface area contributed by atoms with Crippen molar-refractivity contribution in [3.8, 4) is 0 Å². The molecule has 2 aromatic rings. The van der Waals surface area contributed by atoms with Crippen LogP contribution in [0.25, 0.3) is 0 Å². The highest BCUT2D eigenvalue weighted by Crippen LogP contribution is 2.17. The Kier molecular flexibility index (Phi) is 6.31. The van der Waals surface area contributed by atoms with E-state index in [1.807, 2.05) is 32.9 Å². The number of hydrogen-bond acceptors (Lipinski definition) is 8. The van der Waals surface area contributed by atoms with Gasteiger partial charge in [0.1, 0.15) is 0 Å². The Bertz CT molecular complexity index is 955. The highest BCUT2D eigenvalue weighted by atomic mass is 32.2. The third-order valence-corrected chi connectivity index (χ3v) is 5.06. The second-order valence-corrected chi connectivity index (χ2v) is 6.93. The number of benzene rings is 1. The first-order valence-corrected chi connectivity index (χ1v) is 10.4. The van der Waals surface area contributed by atoms with Crippen molar-refractivity contribution in [2.45, 2.75) is 12.8 Å². The molecule has 0 unspecified atom stereocenters. The Hall–Kier alpha value is -2.86. The molecule has 1 aromatic heterocycles. The molecule has 0 saturated carbocycles. The number of rotatable bonds is 6. The van der Waals surface area contributed by atoms with Crippen molar-refractivity contribution in [2.75, 3.05) is 12.5 Å². The van der Waals surface area contributed by atoms with Crippen molar-refractivity contribution in [1.82, 2.24) is 13.0 Å². The molecular formula is C16H16N6O4S2. The van der Waals surface area contributed by atoms with Crippen molar-refractivity contribution >= 4 is 47.4 Å². The maximum Gasteiger partial charge on any atom is 0.363 e. The Balaban J connectivity index is 1.69. The molecule has 1 aromatic carbocycles. The average molecular weight is 420 g/mol. The predicted octanol–water partition coefficient (Wildman–Crippen LogP) is 2.36. The molecule has 1 aliphatic heterocycles. The SMILES string of the molecule is CSn1ccn(SC)c1=NN=Nc1ccc(C(=O)ON2C(=O)CCC2=O)cc1. The number of carbonyl (C=O) groups excluding carboxylic acids is 3. The van der Waals surface area contributed by atoms with E-state index in [2.05, 4.69) is 15.4 Å². The van der Waals surface area contributed by atoms with Crippen molar-refractivity contribution in [3.05, 3.63) is 47.8 Å². The van der Waals surface area contributed by atoms with E-state index in [-0.39, 0.29) is 18.4 Å². The van der Waals surface area contributed by atoms with E-state index < -0.39 is 17.8 Å².